The highest BCUT2D eigenvalue weighted by molar-refractivity contribution is 5.79. The molecule has 0 spiro atoms. The molecule has 4 rings (SSSR count). The number of amides is 1. The molecule has 138 valence electrons. The van der Waals surface area contributed by atoms with Crippen LogP contribution in [-0.4, -0.2) is 38.7 Å². The van der Waals surface area contributed by atoms with Crippen molar-refractivity contribution in [3.05, 3.63) is 66.7 Å². The van der Waals surface area contributed by atoms with Gasteiger partial charge >= 0.3 is 0 Å². The number of carbonyl (C=O) groups excluding carboxylic acids is 1. The van der Waals surface area contributed by atoms with Crippen LogP contribution < -0.4 is 10.2 Å². The zero-order valence-corrected chi connectivity index (χ0v) is 15.0. The molecule has 7 nitrogen and oxygen atoms in total. The van der Waals surface area contributed by atoms with Gasteiger partial charge in [-0.3, -0.25) is 4.79 Å². The second kappa shape index (κ2) is 7.99. The molecule has 1 fully saturated rings. The number of hydrogen-bond donors (Lipinski definition) is 1. The first kappa shape index (κ1) is 17.2. The Labute approximate surface area is 158 Å². The number of nitrogens with one attached hydrogen (secondary N) is 1. The minimum Gasteiger partial charge on any atom is -0.352 e. The van der Waals surface area contributed by atoms with Gasteiger partial charge in [0.15, 0.2) is 0 Å². The average Bonchev–Trinajstić information content (AvgIpc) is 3.28. The summed E-state index contributed by atoms with van der Waals surface area (Å²) in [5, 5.41) is 7.38. The van der Waals surface area contributed by atoms with Gasteiger partial charge in [0.2, 0.25) is 11.9 Å². The summed E-state index contributed by atoms with van der Waals surface area (Å²) in [5.41, 5.74) is 2.03. The highest BCUT2D eigenvalue weighted by Crippen LogP contribution is 2.21. The van der Waals surface area contributed by atoms with Crippen LogP contribution in [0.15, 0.2) is 61.2 Å². The van der Waals surface area contributed by atoms with Gasteiger partial charge in [0.1, 0.15) is 0 Å². The number of benzene rings is 1. The predicted molar refractivity (Wildman–Crippen MR) is 102 cm³/mol. The van der Waals surface area contributed by atoms with Gasteiger partial charge in [-0.15, -0.1) is 0 Å². The Morgan fingerprint density at radius 1 is 1.04 bits per heavy atom. The molecular weight excluding hydrogens is 340 g/mol. The second-order valence-corrected chi connectivity index (χ2v) is 6.61. The molecular formula is C20H22N6O. The zero-order chi connectivity index (χ0) is 18.5. The molecule has 1 amide bonds. The maximum Gasteiger partial charge on any atom is 0.225 e. The average molecular weight is 362 g/mol. The van der Waals surface area contributed by atoms with E-state index in [0.29, 0.717) is 6.54 Å². The largest absolute Gasteiger partial charge is 0.352 e. The van der Waals surface area contributed by atoms with Crippen LogP contribution in [0.3, 0.4) is 0 Å². The lowest BCUT2D eigenvalue weighted by molar-refractivity contribution is -0.125. The molecule has 1 aliphatic rings. The Kier molecular flexibility index (Phi) is 5.09. The summed E-state index contributed by atoms with van der Waals surface area (Å²) in [6, 6.07) is 11.7. The maximum absolute atomic E-state index is 12.6. The fourth-order valence-corrected chi connectivity index (χ4v) is 3.42. The van der Waals surface area contributed by atoms with Crippen molar-refractivity contribution in [1.29, 1.82) is 0 Å². The van der Waals surface area contributed by atoms with E-state index in [1.807, 2.05) is 47.3 Å². The molecule has 0 bridgehead atoms. The number of nitrogens with zero attached hydrogens (tertiary/aromatic N) is 5. The zero-order valence-electron chi connectivity index (χ0n) is 15.0. The summed E-state index contributed by atoms with van der Waals surface area (Å²) >= 11 is 0. The Morgan fingerprint density at radius 2 is 1.81 bits per heavy atom. The van der Waals surface area contributed by atoms with Gasteiger partial charge in [-0.05, 0) is 36.6 Å². The van der Waals surface area contributed by atoms with Crippen LogP contribution in [0.25, 0.3) is 5.69 Å². The molecule has 3 aromatic rings. The fraction of sp³-hybridized carbons (Fsp3) is 0.300. The molecule has 1 N–H and O–H groups in total. The standard InChI is InChI=1S/C20H22N6O/c27-19(16-7-13-25(14-8-16)20-21-9-3-10-22-20)23-15-17-5-1-2-6-18(17)26-12-4-11-24-26/h1-6,9-12,16H,7-8,13-15H2,(H,23,27). The van der Waals surface area contributed by atoms with Crippen LogP contribution in [-0.2, 0) is 11.3 Å². The van der Waals surface area contributed by atoms with Gasteiger partial charge < -0.3 is 10.2 Å². The lowest BCUT2D eigenvalue weighted by Crippen LogP contribution is -2.41. The van der Waals surface area contributed by atoms with Crippen LogP contribution in [0.5, 0.6) is 0 Å². The molecule has 1 aliphatic heterocycles. The van der Waals surface area contributed by atoms with Crippen LogP contribution in [0.2, 0.25) is 0 Å². The van der Waals surface area contributed by atoms with Crippen molar-refractivity contribution < 1.29 is 4.79 Å². The van der Waals surface area contributed by atoms with Crippen molar-refractivity contribution in [1.82, 2.24) is 25.1 Å². The Bertz CT molecular complexity index is 873. The monoisotopic (exact) mass is 362 g/mol. The molecule has 0 aliphatic carbocycles. The SMILES string of the molecule is O=C(NCc1ccccc1-n1cccn1)C1CCN(c2ncccn2)CC1. The molecule has 3 heterocycles. The lowest BCUT2D eigenvalue weighted by atomic mass is 9.96. The van der Waals surface area contributed by atoms with E-state index in [1.165, 1.54) is 0 Å². The molecule has 0 unspecified atom stereocenters. The Morgan fingerprint density at radius 3 is 2.56 bits per heavy atom. The van der Waals surface area contributed by atoms with Crippen molar-refractivity contribution in [2.45, 2.75) is 19.4 Å². The molecule has 0 saturated carbocycles. The number of rotatable bonds is 5. The smallest absolute Gasteiger partial charge is 0.225 e. The maximum atomic E-state index is 12.6. The molecule has 1 aromatic carbocycles. The van der Waals surface area contributed by atoms with E-state index in [9.17, 15) is 4.79 Å². The fourth-order valence-electron chi connectivity index (χ4n) is 3.42. The third-order valence-electron chi connectivity index (χ3n) is 4.90. The van der Waals surface area contributed by atoms with Crippen LogP contribution >= 0.6 is 0 Å². The number of piperidine rings is 1. The number of para-hydroxylation sites is 1. The van der Waals surface area contributed by atoms with Gasteiger partial charge in [0, 0.05) is 50.3 Å². The molecule has 0 radical (unpaired) electrons. The quantitative estimate of drug-likeness (QED) is 0.753. The van der Waals surface area contributed by atoms with E-state index in [2.05, 4.69) is 25.3 Å². The highest BCUT2D eigenvalue weighted by atomic mass is 16.1. The first-order valence-corrected chi connectivity index (χ1v) is 9.19. The summed E-state index contributed by atoms with van der Waals surface area (Å²) in [4.78, 5) is 23.3. The molecule has 27 heavy (non-hydrogen) atoms. The van der Waals surface area contributed by atoms with Gasteiger partial charge in [0.05, 0.1) is 5.69 Å². The van der Waals surface area contributed by atoms with Crippen LogP contribution in [0.4, 0.5) is 5.95 Å². The van der Waals surface area contributed by atoms with E-state index in [4.69, 9.17) is 0 Å². The number of carbonyl (C=O) groups is 1. The second-order valence-electron chi connectivity index (χ2n) is 6.61. The minimum atomic E-state index is 0.0295. The van der Waals surface area contributed by atoms with Crippen molar-refractivity contribution in [3.8, 4) is 5.69 Å². The van der Waals surface area contributed by atoms with E-state index in [0.717, 1.165) is 43.1 Å². The van der Waals surface area contributed by atoms with Crippen molar-refractivity contribution in [3.63, 3.8) is 0 Å². The van der Waals surface area contributed by atoms with Crippen molar-refractivity contribution in [2.24, 2.45) is 5.92 Å². The van der Waals surface area contributed by atoms with E-state index in [1.54, 1.807) is 18.6 Å². The van der Waals surface area contributed by atoms with Gasteiger partial charge in [-0.2, -0.15) is 5.10 Å². The summed E-state index contributed by atoms with van der Waals surface area (Å²) in [6.07, 6.45) is 8.77. The van der Waals surface area contributed by atoms with E-state index in [-0.39, 0.29) is 11.8 Å². The van der Waals surface area contributed by atoms with Crippen molar-refractivity contribution >= 4 is 11.9 Å². The summed E-state index contributed by atoms with van der Waals surface area (Å²) in [6.45, 7) is 2.09. The third-order valence-corrected chi connectivity index (χ3v) is 4.90. The minimum absolute atomic E-state index is 0.0295. The topological polar surface area (TPSA) is 75.9 Å². The third kappa shape index (κ3) is 3.97. The van der Waals surface area contributed by atoms with E-state index >= 15 is 0 Å². The van der Waals surface area contributed by atoms with Gasteiger partial charge in [0.25, 0.3) is 0 Å². The molecule has 0 atom stereocenters. The van der Waals surface area contributed by atoms with E-state index < -0.39 is 0 Å². The summed E-state index contributed by atoms with van der Waals surface area (Å²) in [7, 11) is 0. The van der Waals surface area contributed by atoms with Crippen LogP contribution in [0.1, 0.15) is 18.4 Å². The molecule has 1 saturated heterocycles. The Balaban J connectivity index is 1.33. The van der Waals surface area contributed by atoms with Crippen LogP contribution in [0, 0.1) is 5.92 Å². The molecule has 2 aromatic heterocycles. The first-order chi connectivity index (χ1) is 13.3. The normalized spacial score (nSPS) is 14.9. The summed E-state index contributed by atoms with van der Waals surface area (Å²) < 4.78 is 1.82. The highest BCUT2D eigenvalue weighted by Gasteiger charge is 2.26. The number of aromatic nitrogens is 4. The summed E-state index contributed by atoms with van der Waals surface area (Å²) in [5.74, 6) is 0.880. The number of anilines is 1. The first-order valence-electron chi connectivity index (χ1n) is 9.19. The van der Waals surface area contributed by atoms with Gasteiger partial charge in [-0.25, -0.2) is 14.6 Å². The van der Waals surface area contributed by atoms with Gasteiger partial charge in [-0.1, -0.05) is 18.2 Å². The molecule has 7 heteroatoms. The predicted octanol–water partition coefficient (Wildman–Crippen LogP) is 2.20. The number of hydrogen-bond acceptors (Lipinski definition) is 5. The Hall–Kier alpha value is -3.22. The van der Waals surface area contributed by atoms with Crippen molar-refractivity contribution in [2.75, 3.05) is 18.0 Å². The lowest BCUT2D eigenvalue weighted by Gasteiger charge is -2.31.